The van der Waals surface area contributed by atoms with Crippen molar-refractivity contribution >= 4 is 18.4 Å². The summed E-state index contributed by atoms with van der Waals surface area (Å²) in [7, 11) is 1.96. The summed E-state index contributed by atoms with van der Waals surface area (Å²) in [4.78, 5) is 12.5. The monoisotopic (exact) mass is 285 g/mol. The lowest BCUT2D eigenvalue weighted by Crippen LogP contribution is -2.24. The highest BCUT2D eigenvalue weighted by Crippen LogP contribution is 2.25. The molecule has 1 heterocycles. The fourth-order valence-electron chi connectivity index (χ4n) is 2.11. The molecule has 0 spiro atoms. The Hall–Kier alpha value is -1.26. The number of rotatable bonds is 6. The number of carboxylic acids is 1. The molecule has 0 aromatic heterocycles. The van der Waals surface area contributed by atoms with Crippen LogP contribution in [-0.4, -0.2) is 42.7 Å². The van der Waals surface area contributed by atoms with Crippen molar-refractivity contribution in [3.63, 3.8) is 0 Å². The van der Waals surface area contributed by atoms with Crippen molar-refractivity contribution in [3.8, 4) is 5.75 Å². The summed E-state index contributed by atoms with van der Waals surface area (Å²) < 4.78 is 5.47. The smallest absolute Gasteiger partial charge is 0.304 e. The zero-order chi connectivity index (χ0) is 13.0. The van der Waals surface area contributed by atoms with Crippen molar-refractivity contribution in [3.05, 3.63) is 29.3 Å². The number of nitrogens with zero attached hydrogens (tertiary/aromatic N) is 1. The number of benzene rings is 1. The predicted octanol–water partition coefficient (Wildman–Crippen LogP) is 1.99. The Kier molecular flexibility index (Phi) is 6.12. The summed E-state index contributed by atoms with van der Waals surface area (Å²) in [6.45, 7) is 2.27. The normalized spacial score (nSPS) is 12.7. The molecule has 0 unspecified atom stereocenters. The van der Waals surface area contributed by atoms with Crippen LogP contribution >= 0.6 is 12.4 Å². The molecule has 0 radical (unpaired) electrons. The van der Waals surface area contributed by atoms with Gasteiger partial charge in [-0.25, -0.2) is 0 Å². The Labute approximate surface area is 119 Å². The van der Waals surface area contributed by atoms with E-state index in [-0.39, 0.29) is 18.8 Å². The van der Waals surface area contributed by atoms with E-state index in [4.69, 9.17) is 9.84 Å². The van der Waals surface area contributed by atoms with Gasteiger partial charge in [-0.05, 0) is 30.7 Å². The molecule has 0 aliphatic carbocycles. The summed E-state index contributed by atoms with van der Waals surface area (Å²) in [5.41, 5.74) is 2.59. The molecule has 0 saturated heterocycles. The molecule has 1 aromatic rings. The van der Waals surface area contributed by atoms with Crippen LogP contribution in [0, 0.1) is 0 Å². The van der Waals surface area contributed by atoms with Crippen LogP contribution in [0.25, 0.3) is 0 Å². The zero-order valence-electron chi connectivity index (χ0n) is 11.1. The van der Waals surface area contributed by atoms with E-state index in [1.807, 2.05) is 13.1 Å². The van der Waals surface area contributed by atoms with Crippen LogP contribution in [0.5, 0.6) is 5.75 Å². The lowest BCUT2D eigenvalue weighted by atomic mass is 10.1. The third-order valence-electron chi connectivity index (χ3n) is 3.24. The molecule has 19 heavy (non-hydrogen) atoms. The van der Waals surface area contributed by atoms with E-state index >= 15 is 0 Å². The summed E-state index contributed by atoms with van der Waals surface area (Å²) in [6, 6.07) is 6.33. The van der Waals surface area contributed by atoms with Gasteiger partial charge < -0.3 is 14.7 Å². The first-order valence-electron chi connectivity index (χ1n) is 6.30. The number of carbonyl (C=O) groups is 1. The van der Waals surface area contributed by atoms with Crippen molar-refractivity contribution in [1.29, 1.82) is 0 Å². The van der Waals surface area contributed by atoms with Gasteiger partial charge in [0, 0.05) is 19.5 Å². The molecular formula is C14H20ClNO3. The van der Waals surface area contributed by atoms with Gasteiger partial charge >= 0.3 is 5.97 Å². The Morgan fingerprint density at radius 2 is 2.21 bits per heavy atom. The SMILES string of the molecule is CN(CCC(=O)O)CCc1ccc2c(c1)CCO2.Cl. The van der Waals surface area contributed by atoms with Gasteiger partial charge in [-0.3, -0.25) is 4.79 Å². The Bertz CT molecular complexity index is 437. The maximum absolute atomic E-state index is 10.5. The summed E-state index contributed by atoms with van der Waals surface area (Å²) in [5.74, 6) is 0.273. The summed E-state index contributed by atoms with van der Waals surface area (Å²) in [5, 5.41) is 8.61. The third kappa shape index (κ3) is 4.73. The van der Waals surface area contributed by atoms with Crippen LogP contribution in [0.4, 0.5) is 0 Å². The first-order chi connectivity index (χ1) is 8.65. The molecule has 0 bridgehead atoms. The molecule has 1 aromatic carbocycles. The van der Waals surface area contributed by atoms with Crippen LogP contribution in [0.3, 0.4) is 0 Å². The number of likely N-dealkylation sites (N-methyl/N-ethyl adjacent to an activating group) is 1. The Morgan fingerprint density at radius 3 is 2.95 bits per heavy atom. The largest absolute Gasteiger partial charge is 0.493 e. The second kappa shape index (κ2) is 7.36. The van der Waals surface area contributed by atoms with Gasteiger partial charge in [0.25, 0.3) is 0 Å². The van der Waals surface area contributed by atoms with Crippen LogP contribution in [0.15, 0.2) is 18.2 Å². The number of fused-ring (bicyclic) bond motifs is 1. The molecule has 2 rings (SSSR count). The van der Waals surface area contributed by atoms with Crippen LogP contribution in [0.1, 0.15) is 17.5 Å². The Balaban J connectivity index is 0.00000180. The third-order valence-corrected chi connectivity index (χ3v) is 3.24. The number of carboxylic acid groups (broad SMARTS) is 1. The molecule has 1 aliphatic heterocycles. The number of halogens is 1. The average Bonchev–Trinajstić information content (AvgIpc) is 2.81. The molecule has 0 amide bonds. The van der Waals surface area contributed by atoms with Gasteiger partial charge in [0.2, 0.25) is 0 Å². The molecule has 0 fully saturated rings. The van der Waals surface area contributed by atoms with Crippen LogP contribution in [-0.2, 0) is 17.6 Å². The molecule has 0 saturated carbocycles. The maximum atomic E-state index is 10.5. The minimum Gasteiger partial charge on any atom is -0.493 e. The van der Waals surface area contributed by atoms with Crippen molar-refractivity contribution in [2.45, 2.75) is 19.3 Å². The summed E-state index contributed by atoms with van der Waals surface area (Å²) in [6.07, 6.45) is 2.15. The van der Waals surface area contributed by atoms with Crippen molar-refractivity contribution < 1.29 is 14.6 Å². The van der Waals surface area contributed by atoms with E-state index in [1.165, 1.54) is 11.1 Å². The molecule has 1 N–H and O–H groups in total. The standard InChI is InChI=1S/C14H19NO3.ClH/c1-15(8-5-14(16)17)7-4-11-2-3-13-12(10-11)6-9-18-13;/h2-3,10H,4-9H2,1H3,(H,16,17);1H. The van der Waals surface area contributed by atoms with Gasteiger partial charge in [0.05, 0.1) is 13.0 Å². The number of hydrogen-bond donors (Lipinski definition) is 1. The first-order valence-corrected chi connectivity index (χ1v) is 6.30. The second-order valence-corrected chi connectivity index (χ2v) is 4.74. The topological polar surface area (TPSA) is 49.8 Å². The van der Waals surface area contributed by atoms with E-state index in [1.54, 1.807) is 0 Å². The van der Waals surface area contributed by atoms with Crippen LogP contribution < -0.4 is 4.74 Å². The lowest BCUT2D eigenvalue weighted by molar-refractivity contribution is -0.137. The van der Waals surface area contributed by atoms with E-state index in [0.29, 0.717) is 6.54 Å². The molecule has 1 aliphatic rings. The number of hydrogen-bond acceptors (Lipinski definition) is 3. The van der Waals surface area contributed by atoms with Gasteiger partial charge in [-0.15, -0.1) is 12.4 Å². The number of ether oxygens (including phenoxy) is 1. The highest BCUT2D eigenvalue weighted by atomic mass is 35.5. The van der Waals surface area contributed by atoms with E-state index < -0.39 is 5.97 Å². The molecule has 106 valence electrons. The highest BCUT2D eigenvalue weighted by molar-refractivity contribution is 5.85. The molecular weight excluding hydrogens is 266 g/mol. The van der Waals surface area contributed by atoms with Gasteiger partial charge in [-0.2, -0.15) is 0 Å². The minimum atomic E-state index is -0.739. The fraction of sp³-hybridized carbons (Fsp3) is 0.500. The van der Waals surface area contributed by atoms with Crippen molar-refractivity contribution in [1.82, 2.24) is 4.90 Å². The van der Waals surface area contributed by atoms with Crippen molar-refractivity contribution in [2.24, 2.45) is 0 Å². The minimum absolute atomic E-state index is 0. The fourth-order valence-corrected chi connectivity index (χ4v) is 2.11. The average molecular weight is 286 g/mol. The van der Waals surface area contributed by atoms with Gasteiger partial charge in [0.1, 0.15) is 5.75 Å². The maximum Gasteiger partial charge on any atom is 0.304 e. The van der Waals surface area contributed by atoms with E-state index in [9.17, 15) is 4.79 Å². The molecule has 0 atom stereocenters. The van der Waals surface area contributed by atoms with Gasteiger partial charge in [0.15, 0.2) is 0 Å². The highest BCUT2D eigenvalue weighted by Gasteiger charge is 2.12. The van der Waals surface area contributed by atoms with E-state index in [2.05, 4.69) is 17.0 Å². The molecule has 5 heteroatoms. The second-order valence-electron chi connectivity index (χ2n) is 4.74. The van der Waals surface area contributed by atoms with Crippen molar-refractivity contribution in [2.75, 3.05) is 26.7 Å². The molecule has 4 nitrogen and oxygen atoms in total. The lowest BCUT2D eigenvalue weighted by Gasteiger charge is -2.15. The first kappa shape index (κ1) is 15.8. The van der Waals surface area contributed by atoms with E-state index in [0.717, 1.165) is 31.7 Å². The van der Waals surface area contributed by atoms with Gasteiger partial charge in [-0.1, -0.05) is 12.1 Å². The summed E-state index contributed by atoms with van der Waals surface area (Å²) >= 11 is 0. The zero-order valence-corrected chi connectivity index (χ0v) is 11.9. The van der Waals surface area contributed by atoms with Crippen LogP contribution in [0.2, 0.25) is 0 Å². The Morgan fingerprint density at radius 1 is 1.42 bits per heavy atom. The quantitative estimate of drug-likeness (QED) is 0.868. The number of aliphatic carboxylic acids is 1. The predicted molar refractivity (Wildman–Crippen MR) is 76.3 cm³/mol.